The first kappa shape index (κ1) is 15.5. The lowest BCUT2D eigenvalue weighted by Gasteiger charge is -2.37. The quantitative estimate of drug-likeness (QED) is 0.581. The summed E-state index contributed by atoms with van der Waals surface area (Å²) >= 11 is 3.58. The van der Waals surface area contributed by atoms with Gasteiger partial charge in [0.05, 0.1) is 18.7 Å². The second kappa shape index (κ2) is 6.10. The van der Waals surface area contributed by atoms with Gasteiger partial charge in [-0.2, -0.15) is 0 Å². The number of benzene rings is 2. The molecule has 1 aliphatic heterocycles. The summed E-state index contributed by atoms with van der Waals surface area (Å²) in [7, 11) is 1.41. The normalized spacial score (nSPS) is 24.0. The number of methoxy groups -OCH3 is 1. The standard InChI is InChI=1S/C20H18BrNO2/c1-24-20(23)13-7-5-12(6-8-13)19-16-4-2-3-15(16)17-11-14(21)9-10-18(17)22-19/h2-3,5-11,15-16,19,22H,4H2,1H3/t15-,16-,19+/m1/s1. The van der Waals surface area contributed by atoms with Gasteiger partial charge < -0.3 is 10.1 Å². The predicted octanol–water partition coefficient (Wildman–Crippen LogP) is 5.06. The maximum absolute atomic E-state index is 11.6. The van der Waals surface area contributed by atoms with E-state index in [4.69, 9.17) is 4.74 Å². The van der Waals surface area contributed by atoms with Crippen LogP contribution < -0.4 is 5.32 Å². The van der Waals surface area contributed by atoms with E-state index in [-0.39, 0.29) is 12.0 Å². The van der Waals surface area contributed by atoms with Crippen LogP contribution in [0.5, 0.6) is 0 Å². The van der Waals surface area contributed by atoms with Crippen molar-refractivity contribution >= 4 is 27.6 Å². The molecule has 24 heavy (non-hydrogen) atoms. The maximum atomic E-state index is 11.6. The molecule has 3 atom stereocenters. The number of hydrogen-bond donors (Lipinski definition) is 1. The summed E-state index contributed by atoms with van der Waals surface area (Å²) in [5.41, 5.74) is 4.33. The Bertz CT molecular complexity index is 813. The Morgan fingerprint density at radius 2 is 2.00 bits per heavy atom. The van der Waals surface area contributed by atoms with E-state index >= 15 is 0 Å². The molecule has 122 valence electrons. The average molecular weight is 384 g/mol. The third kappa shape index (κ3) is 2.55. The maximum Gasteiger partial charge on any atom is 0.337 e. The van der Waals surface area contributed by atoms with Crippen molar-refractivity contribution in [2.24, 2.45) is 5.92 Å². The van der Waals surface area contributed by atoms with Crippen LogP contribution in [0.15, 0.2) is 59.1 Å². The molecule has 0 spiro atoms. The second-order valence-electron chi connectivity index (χ2n) is 6.32. The SMILES string of the molecule is COC(=O)c1ccc([C@@H]2Nc3ccc(Br)cc3[C@@H]3C=CC[C@H]32)cc1. The summed E-state index contributed by atoms with van der Waals surface area (Å²) in [6.45, 7) is 0. The fourth-order valence-electron chi connectivity index (χ4n) is 3.84. The minimum Gasteiger partial charge on any atom is -0.465 e. The van der Waals surface area contributed by atoms with Gasteiger partial charge >= 0.3 is 5.97 Å². The van der Waals surface area contributed by atoms with Crippen molar-refractivity contribution in [2.75, 3.05) is 12.4 Å². The molecule has 4 heteroatoms. The van der Waals surface area contributed by atoms with Crippen LogP contribution in [0.1, 0.15) is 39.9 Å². The molecule has 0 fully saturated rings. The zero-order chi connectivity index (χ0) is 16.7. The van der Waals surface area contributed by atoms with Crippen LogP contribution in [-0.4, -0.2) is 13.1 Å². The van der Waals surface area contributed by atoms with Crippen molar-refractivity contribution in [1.82, 2.24) is 0 Å². The molecule has 1 heterocycles. The zero-order valence-corrected chi connectivity index (χ0v) is 14.9. The predicted molar refractivity (Wildman–Crippen MR) is 98.3 cm³/mol. The molecule has 0 amide bonds. The van der Waals surface area contributed by atoms with Crippen molar-refractivity contribution in [2.45, 2.75) is 18.4 Å². The number of fused-ring (bicyclic) bond motifs is 3. The van der Waals surface area contributed by atoms with Gasteiger partial charge in [-0.25, -0.2) is 4.79 Å². The van der Waals surface area contributed by atoms with Crippen LogP contribution in [0, 0.1) is 5.92 Å². The van der Waals surface area contributed by atoms with Gasteiger partial charge in [0, 0.05) is 16.1 Å². The Balaban J connectivity index is 1.69. The molecule has 0 saturated heterocycles. The van der Waals surface area contributed by atoms with Crippen molar-refractivity contribution in [1.29, 1.82) is 0 Å². The van der Waals surface area contributed by atoms with Crippen molar-refractivity contribution in [3.05, 3.63) is 75.8 Å². The van der Waals surface area contributed by atoms with Gasteiger partial charge in [-0.15, -0.1) is 0 Å². The molecule has 0 bridgehead atoms. The summed E-state index contributed by atoms with van der Waals surface area (Å²) in [6.07, 6.45) is 5.67. The van der Waals surface area contributed by atoms with Gasteiger partial charge in [-0.3, -0.25) is 0 Å². The number of esters is 1. The summed E-state index contributed by atoms with van der Waals surface area (Å²) in [5.74, 6) is 0.633. The molecule has 0 saturated carbocycles. The molecule has 0 unspecified atom stereocenters. The monoisotopic (exact) mass is 383 g/mol. The molecule has 0 aromatic heterocycles. The Hall–Kier alpha value is -2.07. The van der Waals surface area contributed by atoms with E-state index in [1.807, 2.05) is 24.3 Å². The number of carbonyl (C=O) groups is 1. The molecule has 2 aromatic rings. The van der Waals surface area contributed by atoms with Crippen LogP contribution in [0.4, 0.5) is 5.69 Å². The minimum absolute atomic E-state index is 0.241. The first-order chi connectivity index (χ1) is 11.7. The van der Waals surface area contributed by atoms with Gasteiger partial charge in [0.2, 0.25) is 0 Å². The molecule has 0 radical (unpaired) electrons. The first-order valence-corrected chi connectivity index (χ1v) is 8.87. The Morgan fingerprint density at radius 1 is 1.21 bits per heavy atom. The summed E-state index contributed by atoms with van der Waals surface area (Å²) < 4.78 is 5.89. The number of anilines is 1. The third-order valence-electron chi connectivity index (χ3n) is 5.02. The van der Waals surface area contributed by atoms with Crippen LogP contribution in [0.25, 0.3) is 0 Å². The van der Waals surface area contributed by atoms with Gasteiger partial charge in [-0.1, -0.05) is 40.2 Å². The van der Waals surface area contributed by atoms with E-state index in [1.54, 1.807) is 0 Å². The highest BCUT2D eigenvalue weighted by Crippen LogP contribution is 2.50. The summed E-state index contributed by atoms with van der Waals surface area (Å²) in [5, 5.41) is 3.70. The number of halogens is 1. The number of rotatable bonds is 2. The minimum atomic E-state index is -0.297. The van der Waals surface area contributed by atoms with Gasteiger partial charge in [0.15, 0.2) is 0 Å². The third-order valence-corrected chi connectivity index (χ3v) is 5.51. The van der Waals surface area contributed by atoms with E-state index < -0.39 is 0 Å². The van der Waals surface area contributed by atoms with E-state index in [1.165, 1.54) is 23.9 Å². The van der Waals surface area contributed by atoms with Crippen LogP contribution in [-0.2, 0) is 4.74 Å². The number of ether oxygens (including phenoxy) is 1. The number of allylic oxidation sites excluding steroid dienone is 2. The van der Waals surface area contributed by atoms with E-state index in [0.29, 0.717) is 17.4 Å². The van der Waals surface area contributed by atoms with Crippen LogP contribution in [0.2, 0.25) is 0 Å². The molecule has 1 N–H and O–H groups in total. The Kier molecular flexibility index (Phi) is 3.93. The summed E-state index contributed by atoms with van der Waals surface area (Å²) in [6, 6.07) is 14.4. The van der Waals surface area contributed by atoms with Gasteiger partial charge in [-0.05, 0) is 53.8 Å². The second-order valence-corrected chi connectivity index (χ2v) is 7.24. The van der Waals surface area contributed by atoms with Crippen molar-refractivity contribution < 1.29 is 9.53 Å². The zero-order valence-electron chi connectivity index (χ0n) is 13.3. The number of nitrogens with one attached hydrogen (secondary N) is 1. The topological polar surface area (TPSA) is 38.3 Å². The Morgan fingerprint density at radius 3 is 2.75 bits per heavy atom. The Labute approximate surface area is 149 Å². The smallest absolute Gasteiger partial charge is 0.337 e. The number of carbonyl (C=O) groups excluding carboxylic acids is 1. The van der Waals surface area contributed by atoms with E-state index in [0.717, 1.165) is 10.9 Å². The molecule has 3 nitrogen and oxygen atoms in total. The highest BCUT2D eigenvalue weighted by Gasteiger charge is 2.37. The highest BCUT2D eigenvalue weighted by atomic mass is 79.9. The largest absolute Gasteiger partial charge is 0.465 e. The van der Waals surface area contributed by atoms with Crippen molar-refractivity contribution in [3.63, 3.8) is 0 Å². The lowest BCUT2D eigenvalue weighted by atomic mass is 9.77. The van der Waals surface area contributed by atoms with Crippen LogP contribution >= 0.6 is 15.9 Å². The first-order valence-electron chi connectivity index (χ1n) is 8.08. The molecule has 2 aliphatic rings. The molecule has 4 rings (SSSR count). The van der Waals surface area contributed by atoms with Gasteiger partial charge in [0.1, 0.15) is 0 Å². The average Bonchev–Trinajstić information content (AvgIpc) is 3.11. The molecular weight excluding hydrogens is 366 g/mol. The fourth-order valence-corrected chi connectivity index (χ4v) is 4.22. The van der Waals surface area contributed by atoms with Gasteiger partial charge in [0.25, 0.3) is 0 Å². The lowest BCUT2D eigenvalue weighted by molar-refractivity contribution is 0.0600. The molecule has 2 aromatic carbocycles. The number of hydrogen-bond acceptors (Lipinski definition) is 3. The molecular formula is C20H18BrNO2. The van der Waals surface area contributed by atoms with Crippen molar-refractivity contribution in [3.8, 4) is 0 Å². The van der Waals surface area contributed by atoms with Crippen LogP contribution in [0.3, 0.4) is 0 Å². The lowest BCUT2D eigenvalue weighted by Crippen LogP contribution is -2.29. The fraction of sp³-hybridized carbons (Fsp3) is 0.250. The highest BCUT2D eigenvalue weighted by molar-refractivity contribution is 9.10. The summed E-state index contributed by atoms with van der Waals surface area (Å²) in [4.78, 5) is 11.6. The van der Waals surface area contributed by atoms with E-state index in [2.05, 4.69) is 51.6 Å². The van der Waals surface area contributed by atoms with E-state index in [9.17, 15) is 4.79 Å². The molecule has 1 aliphatic carbocycles.